The molecule has 160 valence electrons. The molecule has 1 amide bonds. The number of nitrogens with zero attached hydrogens (tertiary/aromatic N) is 2. The van der Waals surface area contributed by atoms with E-state index < -0.39 is 25.1 Å². The molecule has 1 aromatic heterocycles. The van der Waals surface area contributed by atoms with E-state index >= 15 is 0 Å². The van der Waals surface area contributed by atoms with Gasteiger partial charge in [-0.15, -0.1) is 0 Å². The van der Waals surface area contributed by atoms with Crippen LogP contribution in [0.3, 0.4) is 0 Å². The number of hydrogen-bond acceptors (Lipinski definition) is 9. The standard InChI is InChI=1S/C20H23N3O7/c1-12(13-5-6-14-15(7-13)28-11-27-14)22-29-10-19(25)26-9-17(24)21-18-8-16(23-30-18)20(2,3)4/h5-8H,9-11H2,1-4H3,(H,21,24)/b22-12+. The maximum Gasteiger partial charge on any atom is 0.347 e. The van der Waals surface area contributed by atoms with Crippen LogP contribution in [0.25, 0.3) is 0 Å². The first-order valence-corrected chi connectivity index (χ1v) is 9.21. The van der Waals surface area contributed by atoms with Crippen molar-refractivity contribution in [2.45, 2.75) is 33.1 Å². The summed E-state index contributed by atoms with van der Waals surface area (Å²) in [6.07, 6.45) is 0. The number of carbonyl (C=O) groups is 2. The second-order valence-corrected chi connectivity index (χ2v) is 7.55. The normalized spacial score (nSPS) is 13.1. The quantitative estimate of drug-likeness (QED) is 0.414. The molecule has 10 nitrogen and oxygen atoms in total. The zero-order valence-corrected chi connectivity index (χ0v) is 17.2. The minimum Gasteiger partial charge on any atom is -0.454 e. The van der Waals surface area contributed by atoms with Gasteiger partial charge in [0.15, 0.2) is 18.1 Å². The number of esters is 1. The van der Waals surface area contributed by atoms with Crippen molar-refractivity contribution >= 4 is 23.5 Å². The number of amides is 1. The fourth-order valence-electron chi connectivity index (χ4n) is 2.40. The van der Waals surface area contributed by atoms with Crippen molar-refractivity contribution in [1.29, 1.82) is 0 Å². The molecule has 1 aromatic carbocycles. The number of hydrogen-bond donors (Lipinski definition) is 1. The molecule has 1 N–H and O–H groups in total. The summed E-state index contributed by atoms with van der Waals surface area (Å²) in [6.45, 7) is 6.88. The Bertz CT molecular complexity index is 960. The second-order valence-electron chi connectivity index (χ2n) is 7.55. The van der Waals surface area contributed by atoms with Crippen LogP contribution in [-0.2, 0) is 24.6 Å². The molecule has 30 heavy (non-hydrogen) atoms. The molecule has 0 saturated carbocycles. The third-order valence-electron chi connectivity index (χ3n) is 4.08. The van der Waals surface area contributed by atoms with Crippen molar-refractivity contribution in [2.75, 3.05) is 25.3 Å². The number of oxime groups is 1. The monoisotopic (exact) mass is 417 g/mol. The maximum absolute atomic E-state index is 11.9. The van der Waals surface area contributed by atoms with Crippen molar-refractivity contribution in [1.82, 2.24) is 5.16 Å². The van der Waals surface area contributed by atoms with Gasteiger partial charge in [0, 0.05) is 17.0 Å². The van der Waals surface area contributed by atoms with E-state index in [1.54, 1.807) is 31.2 Å². The minimum atomic E-state index is -0.736. The van der Waals surface area contributed by atoms with Gasteiger partial charge in [-0.25, -0.2) is 4.79 Å². The Morgan fingerprint density at radius 3 is 2.67 bits per heavy atom. The van der Waals surface area contributed by atoms with Crippen molar-refractivity contribution in [3.8, 4) is 11.5 Å². The van der Waals surface area contributed by atoms with Gasteiger partial charge in [-0.3, -0.25) is 10.1 Å². The highest BCUT2D eigenvalue weighted by Crippen LogP contribution is 2.32. The predicted molar refractivity (Wildman–Crippen MR) is 106 cm³/mol. The number of rotatable bonds is 7. The van der Waals surface area contributed by atoms with Crippen LogP contribution in [0.5, 0.6) is 11.5 Å². The molecule has 0 saturated heterocycles. The predicted octanol–water partition coefficient (Wildman–Crippen LogP) is 2.62. The first-order chi connectivity index (χ1) is 14.2. The largest absolute Gasteiger partial charge is 0.454 e. The van der Waals surface area contributed by atoms with Gasteiger partial charge in [-0.1, -0.05) is 31.1 Å². The Hall–Kier alpha value is -3.56. The van der Waals surface area contributed by atoms with Crippen molar-refractivity contribution in [3.05, 3.63) is 35.5 Å². The first kappa shape index (κ1) is 21.2. The zero-order chi connectivity index (χ0) is 21.7. The smallest absolute Gasteiger partial charge is 0.347 e. The molecular formula is C20H23N3O7. The summed E-state index contributed by atoms with van der Waals surface area (Å²) in [5.41, 5.74) is 1.78. The summed E-state index contributed by atoms with van der Waals surface area (Å²) in [5, 5.41) is 10.2. The molecular weight excluding hydrogens is 394 g/mol. The molecule has 0 aliphatic carbocycles. The lowest BCUT2D eigenvalue weighted by Crippen LogP contribution is -2.22. The zero-order valence-electron chi connectivity index (χ0n) is 17.2. The number of nitrogens with one attached hydrogen (secondary N) is 1. The van der Waals surface area contributed by atoms with E-state index in [0.29, 0.717) is 22.9 Å². The molecule has 0 spiro atoms. The highest BCUT2D eigenvalue weighted by atomic mass is 16.7. The molecule has 1 aliphatic rings. The highest BCUT2D eigenvalue weighted by Gasteiger charge is 2.20. The van der Waals surface area contributed by atoms with E-state index in [4.69, 9.17) is 23.6 Å². The third-order valence-corrected chi connectivity index (χ3v) is 4.08. The number of ether oxygens (including phenoxy) is 3. The highest BCUT2D eigenvalue weighted by molar-refractivity contribution is 5.99. The van der Waals surface area contributed by atoms with Crippen LogP contribution in [0.2, 0.25) is 0 Å². The lowest BCUT2D eigenvalue weighted by atomic mass is 9.92. The minimum absolute atomic E-state index is 0.180. The van der Waals surface area contributed by atoms with Gasteiger partial charge in [-0.2, -0.15) is 0 Å². The lowest BCUT2D eigenvalue weighted by molar-refractivity contribution is -0.151. The Balaban J connectivity index is 1.40. The molecule has 2 aromatic rings. The van der Waals surface area contributed by atoms with Crippen LogP contribution in [0.15, 0.2) is 33.9 Å². The molecule has 2 heterocycles. The molecule has 1 aliphatic heterocycles. The van der Waals surface area contributed by atoms with E-state index in [0.717, 1.165) is 5.56 Å². The average Bonchev–Trinajstić information content (AvgIpc) is 3.34. The van der Waals surface area contributed by atoms with Crippen molar-refractivity contribution in [3.63, 3.8) is 0 Å². The van der Waals surface area contributed by atoms with Crippen LogP contribution in [0.1, 0.15) is 39.0 Å². The van der Waals surface area contributed by atoms with Gasteiger partial charge in [0.25, 0.3) is 5.91 Å². The Kier molecular flexibility index (Phi) is 6.24. The van der Waals surface area contributed by atoms with Gasteiger partial charge in [0.05, 0.1) is 11.4 Å². The van der Waals surface area contributed by atoms with Crippen LogP contribution in [0.4, 0.5) is 5.88 Å². The fraction of sp³-hybridized carbons (Fsp3) is 0.400. The Morgan fingerprint density at radius 2 is 1.93 bits per heavy atom. The fourth-order valence-corrected chi connectivity index (χ4v) is 2.40. The van der Waals surface area contributed by atoms with Crippen LogP contribution >= 0.6 is 0 Å². The lowest BCUT2D eigenvalue weighted by Gasteiger charge is -2.12. The van der Waals surface area contributed by atoms with Crippen LogP contribution in [0, 0.1) is 0 Å². The summed E-state index contributed by atoms with van der Waals surface area (Å²) >= 11 is 0. The number of benzene rings is 1. The van der Waals surface area contributed by atoms with E-state index in [-0.39, 0.29) is 18.1 Å². The van der Waals surface area contributed by atoms with Gasteiger partial charge in [0.1, 0.15) is 0 Å². The van der Waals surface area contributed by atoms with Gasteiger partial charge in [-0.05, 0) is 25.1 Å². The molecule has 0 radical (unpaired) electrons. The number of fused-ring (bicyclic) bond motifs is 1. The first-order valence-electron chi connectivity index (χ1n) is 9.21. The van der Waals surface area contributed by atoms with Crippen molar-refractivity contribution in [2.24, 2.45) is 5.16 Å². The number of anilines is 1. The summed E-state index contributed by atoms with van der Waals surface area (Å²) in [6, 6.07) is 6.95. The van der Waals surface area contributed by atoms with E-state index in [1.807, 2.05) is 20.8 Å². The van der Waals surface area contributed by atoms with Crippen molar-refractivity contribution < 1.29 is 33.2 Å². The summed E-state index contributed by atoms with van der Waals surface area (Å²) in [5.74, 6) is 0.171. The number of carbonyl (C=O) groups excluding carboxylic acids is 2. The van der Waals surface area contributed by atoms with E-state index in [1.165, 1.54) is 0 Å². The summed E-state index contributed by atoms with van der Waals surface area (Å²) in [7, 11) is 0. The molecule has 0 unspecified atom stereocenters. The van der Waals surface area contributed by atoms with E-state index in [2.05, 4.69) is 15.6 Å². The Labute approximate surface area is 173 Å². The molecule has 0 fully saturated rings. The average molecular weight is 417 g/mol. The Morgan fingerprint density at radius 1 is 1.17 bits per heavy atom. The topological polar surface area (TPSA) is 121 Å². The van der Waals surface area contributed by atoms with Crippen LogP contribution in [-0.4, -0.2) is 42.8 Å². The molecule has 10 heteroatoms. The summed E-state index contributed by atoms with van der Waals surface area (Å²) < 4.78 is 20.5. The van der Waals surface area contributed by atoms with Gasteiger partial charge < -0.3 is 23.6 Å². The van der Waals surface area contributed by atoms with Gasteiger partial charge >= 0.3 is 5.97 Å². The molecule has 0 bridgehead atoms. The molecule has 3 rings (SSSR count). The van der Waals surface area contributed by atoms with E-state index in [9.17, 15) is 9.59 Å². The van der Waals surface area contributed by atoms with Crippen LogP contribution < -0.4 is 14.8 Å². The number of aromatic nitrogens is 1. The third kappa shape index (κ3) is 5.49. The second kappa shape index (κ2) is 8.85. The van der Waals surface area contributed by atoms with Gasteiger partial charge in [0.2, 0.25) is 19.3 Å². The molecule has 0 atom stereocenters. The maximum atomic E-state index is 11.9. The SMILES string of the molecule is C/C(=N\OCC(=O)OCC(=O)Nc1cc(C(C)(C)C)no1)c1ccc2c(c1)OCO2. The summed E-state index contributed by atoms with van der Waals surface area (Å²) in [4.78, 5) is 28.6.